The molecule has 0 amide bonds. The van der Waals surface area contributed by atoms with Crippen LogP contribution >= 0.6 is 15.9 Å². The van der Waals surface area contributed by atoms with Crippen LogP contribution in [0.1, 0.15) is 32.3 Å². The smallest absolute Gasteiger partial charge is 0.134 e. The number of aromatic hydroxyl groups is 1. The second-order valence-electron chi connectivity index (χ2n) is 5.49. The highest BCUT2D eigenvalue weighted by Crippen LogP contribution is 2.27. The number of likely N-dealkylation sites (N-methyl/N-ethyl adjacent to an activating group) is 1. The van der Waals surface area contributed by atoms with Gasteiger partial charge in [0.25, 0.3) is 0 Å². The van der Waals surface area contributed by atoms with E-state index in [1.54, 1.807) is 0 Å². The summed E-state index contributed by atoms with van der Waals surface area (Å²) in [6.07, 6.45) is 2.40. The summed E-state index contributed by atoms with van der Waals surface area (Å²) in [4.78, 5) is 2.30. The molecule has 0 spiro atoms. The summed E-state index contributed by atoms with van der Waals surface area (Å²) in [6.45, 7) is 6.14. The first-order chi connectivity index (χ1) is 9.51. The molecule has 1 atom stereocenters. The van der Waals surface area contributed by atoms with Crippen molar-refractivity contribution >= 4 is 15.9 Å². The highest BCUT2D eigenvalue weighted by Gasteiger charge is 2.20. The molecule has 4 heteroatoms. The predicted octanol–water partition coefficient (Wildman–Crippen LogP) is 3.61. The Kier molecular flexibility index (Phi) is 7.56. The van der Waals surface area contributed by atoms with Gasteiger partial charge in [0.1, 0.15) is 5.75 Å². The van der Waals surface area contributed by atoms with Gasteiger partial charge in [0.15, 0.2) is 0 Å². The van der Waals surface area contributed by atoms with E-state index in [-0.39, 0.29) is 0 Å². The van der Waals surface area contributed by atoms with E-state index < -0.39 is 0 Å². The molecule has 20 heavy (non-hydrogen) atoms. The maximum atomic E-state index is 9.98. The third-order valence-electron chi connectivity index (χ3n) is 4.00. The summed E-state index contributed by atoms with van der Waals surface area (Å²) in [6, 6.07) is 6.28. The minimum atomic E-state index is 0.337. The second kappa shape index (κ2) is 8.65. The van der Waals surface area contributed by atoms with E-state index in [4.69, 9.17) is 0 Å². The van der Waals surface area contributed by atoms with Gasteiger partial charge in [-0.1, -0.05) is 38.8 Å². The molecule has 3 nitrogen and oxygen atoms in total. The lowest BCUT2D eigenvalue weighted by molar-refractivity contribution is 0.194. The molecule has 0 saturated carbocycles. The fourth-order valence-electron chi connectivity index (χ4n) is 2.66. The zero-order valence-corrected chi connectivity index (χ0v) is 14.6. The lowest BCUT2D eigenvalue weighted by Gasteiger charge is -2.31. The largest absolute Gasteiger partial charge is 0.506 e. The average molecular weight is 343 g/mol. The number of benzene rings is 1. The van der Waals surface area contributed by atoms with Crippen LogP contribution in [-0.2, 0) is 6.54 Å². The van der Waals surface area contributed by atoms with Gasteiger partial charge in [-0.15, -0.1) is 0 Å². The van der Waals surface area contributed by atoms with E-state index in [9.17, 15) is 5.11 Å². The molecule has 0 heterocycles. The Morgan fingerprint density at radius 2 is 1.90 bits per heavy atom. The first-order valence-corrected chi connectivity index (χ1v) is 8.14. The van der Waals surface area contributed by atoms with Crippen molar-refractivity contribution < 1.29 is 5.11 Å². The van der Waals surface area contributed by atoms with Gasteiger partial charge in [-0.05, 0) is 42.0 Å². The standard InChI is InChI=1S/C16H27BrN2O/c1-5-12(6-2)15(19(3)4)11-18-10-13-8-7-9-14(17)16(13)20/h7-9,12,15,18,20H,5-6,10-11H2,1-4H3. The fourth-order valence-corrected chi connectivity index (χ4v) is 3.07. The summed E-state index contributed by atoms with van der Waals surface area (Å²) in [5.41, 5.74) is 0.932. The normalized spacial score (nSPS) is 13.2. The second-order valence-corrected chi connectivity index (χ2v) is 6.34. The van der Waals surface area contributed by atoms with Gasteiger partial charge in [0.05, 0.1) is 4.47 Å². The molecule has 1 unspecified atom stereocenters. The van der Waals surface area contributed by atoms with Crippen LogP contribution in [0.25, 0.3) is 0 Å². The van der Waals surface area contributed by atoms with Gasteiger partial charge < -0.3 is 15.3 Å². The topological polar surface area (TPSA) is 35.5 Å². The van der Waals surface area contributed by atoms with E-state index in [2.05, 4.69) is 54.1 Å². The highest BCUT2D eigenvalue weighted by atomic mass is 79.9. The number of nitrogens with zero attached hydrogens (tertiary/aromatic N) is 1. The summed E-state index contributed by atoms with van der Waals surface area (Å²) >= 11 is 3.35. The lowest BCUT2D eigenvalue weighted by atomic mass is 9.93. The Morgan fingerprint density at radius 3 is 2.45 bits per heavy atom. The van der Waals surface area contributed by atoms with E-state index in [1.165, 1.54) is 12.8 Å². The molecule has 0 aromatic heterocycles. The maximum absolute atomic E-state index is 9.98. The first kappa shape index (κ1) is 17.5. The molecule has 0 aliphatic carbocycles. The monoisotopic (exact) mass is 342 g/mol. The van der Waals surface area contributed by atoms with Crippen LogP contribution < -0.4 is 5.32 Å². The zero-order valence-electron chi connectivity index (χ0n) is 13.0. The lowest BCUT2D eigenvalue weighted by Crippen LogP contribution is -2.42. The molecule has 1 rings (SSSR count). The van der Waals surface area contributed by atoms with Crippen molar-refractivity contribution in [3.8, 4) is 5.75 Å². The molecule has 0 bridgehead atoms. The average Bonchev–Trinajstić information content (AvgIpc) is 2.42. The molecule has 1 aromatic rings. The zero-order chi connectivity index (χ0) is 15.1. The van der Waals surface area contributed by atoms with Crippen molar-refractivity contribution in [3.63, 3.8) is 0 Å². The Labute approximate surface area is 131 Å². The predicted molar refractivity (Wildman–Crippen MR) is 89.1 cm³/mol. The fraction of sp³-hybridized carbons (Fsp3) is 0.625. The van der Waals surface area contributed by atoms with Crippen LogP contribution in [-0.4, -0.2) is 36.7 Å². The number of hydrogen-bond donors (Lipinski definition) is 2. The van der Waals surface area contributed by atoms with E-state index in [0.717, 1.165) is 16.6 Å². The molecule has 2 N–H and O–H groups in total. The van der Waals surface area contributed by atoms with E-state index in [1.807, 2.05) is 18.2 Å². The number of hydrogen-bond acceptors (Lipinski definition) is 3. The van der Waals surface area contributed by atoms with Crippen molar-refractivity contribution in [2.24, 2.45) is 5.92 Å². The van der Waals surface area contributed by atoms with Crippen LogP contribution in [0.4, 0.5) is 0 Å². The SMILES string of the molecule is CCC(CC)C(CNCc1cccc(Br)c1O)N(C)C. The minimum Gasteiger partial charge on any atom is -0.506 e. The molecule has 1 aromatic carbocycles. The van der Waals surface area contributed by atoms with Gasteiger partial charge in [-0.25, -0.2) is 0 Å². The summed E-state index contributed by atoms with van der Waals surface area (Å²) in [5.74, 6) is 1.04. The highest BCUT2D eigenvalue weighted by molar-refractivity contribution is 9.10. The van der Waals surface area contributed by atoms with Gasteiger partial charge in [0.2, 0.25) is 0 Å². The third kappa shape index (κ3) is 4.76. The molecule has 0 saturated heterocycles. The minimum absolute atomic E-state index is 0.337. The summed E-state index contributed by atoms with van der Waals surface area (Å²) in [5, 5.41) is 13.5. The number of halogens is 1. The van der Waals surface area contributed by atoms with Crippen LogP contribution in [0.5, 0.6) is 5.75 Å². The maximum Gasteiger partial charge on any atom is 0.134 e. The van der Waals surface area contributed by atoms with Crippen molar-refractivity contribution in [2.75, 3.05) is 20.6 Å². The Balaban J connectivity index is 2.58. The first-order valence-electron chi connectivity index (χ1n) is 7.34. The molecular weight excluding hydrogens is 316 g/mol. The number of para-hydroxylation sites is 1. The van der Waals surface area contributed by atoms with Crippen molar-refractivity contribution in [1.82, 2.24) is 10.2 Å². The molecule has 0 fully saturated rings. The number of rotatable bonds is 8. The van der Waals surface area contributed by atoms with E-state index in [0.29, 0.717) is 24.3 Å². The van der Waals surface area contributed by atoms with Crippen LogP contribution in [0.15, 0.2) is 22.7 Å². The number of nitrogens with one attached hydrogen (secondary N) is 1. The molecule has 114 valence electrons. The number of phenolic OH excluding ortho intramolecular Hbond substituents is 1. The summed E-state index contributed by atoms with van der Waals surface area (Å²) < 4.78 is 0.751. The third-order valence-corrected chi connectivity index (χ3v) is 4.64. The van der Waals surface area contributed by atoms with E-state index >= 15 is 0 Å². The molecule has 0 aliphatic heterocycles. The quantitative estimate of drug-likeness (QED) is 0.757. The van der Waals surface area contributed by atoms with Gasteiger partial charge in [-0.3, -0.25) is 0 Å². The molecular formula is C16H27BrN2O. The summed E-state index contributed by atoms with van der Waals surface area (Å²) in [7, 11) is 4.28. The molecule has 0 radical (unpaired) electrons. The van der Waals surface area contributed by atoms with Crippen LogP contribution in [0.2, 0.25) is 0 Å². The van der Waals surface area contributed by atoms with Crippen LogP contribution in [0, 0.1) is 5.92 Å². The Bertz CT molecular complexity index is 405. The van der Waals surface area contributed by atoms with Crippen molar-refractivity contribution in [2.45, 2.75) is 39.3 Å². The van der Waals surface area contributed by atoms with Gasteiger partial charge >= 0.3 is 0 Å². The Morgan fingerprint density at radius 1 is 1.25 bits per heavy atom. The van der Waals surface area contributed by atoms with Crippen molar-refractivity contribution in [3.05, 3.63) is 28.2 Å². The van der Waals surface area contributed by atoms with Gasteiger partial charge in [0, 0.05) is 24.7 Å². The molecule has 0 aliphatic rings. The van der Waals surface area contributed by atoms with Crippen LogP contribution in [0.3, 0.4) is 0 Å². The number of phenols is 1. The van der Waals surface area contributed by atoms with Crippen molar-refractivity contribution in [1.29, 1.82) is 0 Å². The van der Waals surface area contributed by atoms with Gasteiger partial charge in [-0.2, -0.15) is 0 Å². The Hall–Kier alpha value is -0.580.